The van der Waals surface area contributed by atoms with E-state index < -0.39 is 10.0 Å². The summed E-state index contributed by atoms with van der Waals surface area (Å²) in [5.41, 5.74) is 2.51. The molecular formula is C17H26N2O3S. The van der Waals surface area contributed by atoms with Crippen molar-refractivity contribution in [2.45, 2.75) is 51.3 Å². The lowest BCUT2D eigenvalue weighted by molar-refractivity contribution is -0.131. The molecule has 5 nitrogen and oxygen atoms in total. The van der Waals surface area contributed by atoms with E-state index in [9.17, 15) is 13.2 Å². The molecule has 23 heavy (non-hydrogen) atoms. The van der Waals surface area contributed by atoms with Gasteiger partial charge in [-0.05, 0) is 51.2 Å². The van der Waals surface area contributed by atoms with Crippen LogP contribution < -0.4 is 4.72 Å². The Morgan fingerprint density at radius 2 is 1.65 bits per heavy atom. The first-order valence-electron chi connectivity index (χ1n) is 8.16. The number of hydrogen-bond donors (Lipinski definition) is 1. The zero-order chi connectivity index (χ0) is 17.0. The number of piperidine rings is 1. The smallest absolute Gasteiger partial charge is 0.241 e. The fraction of sp³-hybridized carbons (Fsp3) is 0.588. The topological polar surface area (TPSA) is 66.5 Å². The largest absolute Gasteiger partial charge is 0.343 e. The molecule has 0 aromatic heterocycles. The predicted octanol–water partition coefficient (Wildman–Crippen LogP) is 2.29. The number of amides is 1. The minimum atomic E-state index is -3.59. The Labute approximate surface area is 139 Å². The number of benzene rings is 1. The van der Waals surface area contributed by atoms with Crippen LogP contribution in [0.4, 0.5) is 0 Å². The second-order valence-corrected chi connectivity index (χ2v) is 8.02. The van der Waals surface area contributed by atoms with Gasteiger partial charge in [-0.15, -0.1) is 0 Å². The Bertz CT molecular complexity index is 654. The second kappa shape index (κ2) is 7.45. The first kappa shape index (κ1) is 17.9. The van der Waals surface area contributed by atoms with Gasteiger partial charge in [0.05, 0.1) is 4.90 Å². The lowest BCUT2D eigenvalue weighted by atomic mass is 10.1. The van der Waals surface area contributed by atoms with Gasteiger partial charge in [0.25, 0.3) is 0 Å². The summed E-state index contributed by atoms with van der Waals surface area (Å²) in [4.78, 5) is 14.3. The molecule has 0 spiro atoms. The van der Waals surface area contributed by atoms with Crippen LogP contribution in [0.15, 0.2) is 17.0 Å². The molecule has 0 radical (unpaired) electrons. The highest BCUT2D eigenvalue weighted by molar-refractivity contribution is 7.89. The Balaban J connectivity index is 1.98. The number of hydrogen-bond acceptors (Lipinski definition) is 3. The van der Waals surface area contributed by atoms with E-state index in [1.54, 1.807) is 13.8 Å². The quantitative estimate of drug-likeness (QED) is 0.896. The Morgan fingerprint density at radius 3 is 2.22 bits per heavy atom. The molecule has 0 unspecified atom stereocenters. The lowest BCUT2D eigenvalue weighted by Gasteiger charge is -2.26. The van der Waals surface area contributed by atoms with Crippen molar-refractivity contribution in [1.29, 1.82) is 0 Å². The molecule has 1 aromatic rings. The minimum absolute atomic E-state index is 0.0322. The molecule has 1 N–H and O–H groups in total. The van der Waals surface area contributed by atoms with Crippen molar-refractivity contribution < 1.29 is 13.2 Å². The summed E-state index contributed by atoms with van der Waals surface area (Å²) < 4.78 is 27.6. The summed E-state index contributed by atoms with van der Waals surface area (Å²) in [6.45, 7) is 7.27. The summed E-state index contributed by atoms with van der Waals surface area (Å²) in [5.74, 6) is 0.0322. The Morgan fingerprint density at radius 1 is 1.09 bits per heavy atom. The van der Waals surface area contributed by atoms with Crippen LogP contribution in [-0.4, -0.2) is 38.9 Å². The first-order valence-corrected chi connectivity index (χ1v) is 9.65. The van der Waals surface area contributed by atoms with E-state index in [0.717, 1.165) is 42.6 Å². The average Bonchev–Trinajstić information content (AvgIpc) is 2.46. The lowest BCUT2D eigenvalue weighted by Crippen LogP contribution is -2.38. The average molecular weight is 338 g/mol. The summed E-state index contributed by atoms with van der Waals surface area (Å²) >= 11 is 0. The fourth-order valence-corrected chi connectivity index (χ4v) is 4.74. The van der Waals surface area contributed by atoms with Crippen LogP contribution in [-0.2, 0) is 14.8 Å². The van der Waals surface area contributed by atoms with Crippen LogP contribution >= 0.6 is 0 Å². The molecule has 0 saturated carbocycles. The monoisotopic (exact) mass is 338 g/mol. The zero-order valence-corrected chi connectivity index (χ0v) is 15.0. The highest BCUT2D eigenvalue weighted by Crippen LogP contribution is 2.21. The molecule has 128 valence electrons. The number of rotatable bonds is 5. The summed E-state index contributed by atoms with van der Waals surface area (Å²) in [6, 6.07) is 3.72. The van der Waals surface area contributed by atoms with Gasteiger partial charge >= 0.3 is 0 Å². The molecule has 6 heteroatoms. The predicted molar refractivity (Wildman–Crippen MR) is 90.9 cm³/mol. The minimum Gasteiger partial charge on any atom is -0.343 e. The number of nitrogens with zero attached hydrogens (tertiary/aromatic N) is 1. The Kier molecular flexibility index (Phi) is 5.81. The van der Waals surface area contributed by atoms with Gasteiger partial charge in [0.2, 0.25) is 15.9 Å². The molecule has 1 amide bonds. The maximum absolute atomic E-state index is 12.5. The molecule has 1 saturated heterocycles. The fourth-order valence-electron chi connectivity index (χ4n) is 3.26. The van der Waals surface area contributed by atoms with E-state index >= 15 is 0 Å². The van der Waals surface area contributed by atoms with Gasteiger partial charge in [-0.25, -0.2) is 13.1 Å². The number of likely N-dealkylation sites (tertiary alicyclic amines) is 1. The van der Waals surface area contributed by atoms with E-state index in [1.165, 1.54) is 6.42 Å². The van der Waals surface area contributed by atoms with E-state index in [-0.39, 0.29) is 18.9 Å². The van der Waals surface area contributed by atoms with Crippen LogP contribution in [0.1, 0.15) is 42.4 Å². The third-order valence-electron chi connectivity index (χ3n) is 4.21. The Hall–Kier alpha value is -1.40. The van der Waals surface area contributed by atoms with Gasteiger partial charge in [-0.1, -0.05) is 17.7 Å². The van der Waals surface area contributed by atoms with Gasteiger partial charge in [0, 0.05) is 26.1 Å². The number of sulfonamides is 1. The number of nitrogens with one attached hydrogen (secondary N) is 1. The third kappa shape index (κ3) is 4.54. The van der Waals surface area contributed by atoms with Gasteiger partial charge < -0.3 is 4.90 Å². The highest BCUT2D eigenvalue weighted by Gasteiger charge is 2.21. The maximum atomic E-state index is 12.5. The van der Waals surface area contributed by atoms with E-state index in [2.05, 4.69) is 4.72 Å². The van der Waals surface area contributed by atoms with E-state index in [0.29, 0.717) is 4.90 Å². The highest BCUT2D eigenvalue weighted by atomic mass is 32.2. The number of carbonyl (C=O) groups excluding carboxylic acids is 1. The normalized spacial score (nSPS) is 15.7. The van der Waals surface area contributed by atoms with Gasteiger partial charge in [0.1, 0.15) is 0 Å². The first-order chi connectivity index (χ1) is 10.8. The molecule has 0 aliphatic carbocycles. The maximum Gasteiger partial charge on any atom is 0.241 e. The van der Waals surface area contributed by atoms with Crippen molar-refractivity contribution in [2.24, 2.45) is 0 Å². The summed E-state index contributed by atoms with van der Waals surface area (Å²) in [6.07, 6.45) is 3.46. The molecule has 2 rings (SSSR count). The van der Waals surface area contributed by atoms with Crippen molar-refractivity contribution in [3.05, 3.63) is 28.8 Å². The molecule has 1 aliphatic heterocycles. The van der Waals surface area contributed by atoms with Gasteiger partial charge in [-0.2, -0.15) is 0 Å². The molecule has 1 aromatic carbocycles. The number of carbonyl (C=O) groups is 1. The molecule has 0 atom stereocenters. The van der Waals surface area contributed by atoms with Crippen molar-refractivity contribution in [3.63, 3.8) is 0 Å². The second-order valence-electron chi connectivity index (χ2n) is 6.32. The summed E-state index contributed by atoms with van der Waals surface area (Å²) in [7, 11) is -3.59. The van der Waals surface area contributed by atoms with Crippen molar-refractivity contribution >= 4 is 15.9 Å². The SMILES string of the molecule is Cc1cc(C)c(S(=O)(=O)NCCC(=O)N2CCCCC2)c(C)c1. The van der Waals surface area contributed by atoms with E-state index in [1.807, 2.05) is 24.0 Å². The molecule has 1 heterocycles. The van der Waals surface area contributed by atoms with Crippen molar-refractivity contribution in [3.8, 4) is 0 Å². The van der Waals surface area contributed by atoms with E-state index in [4.69, 9.17) is 0 Å². The van der Waals surface area contributed by atoms with Crippen LogP contribution in [0, 0.1) is 20.8 Å². The number of aryl methyl sites for hydroxylation is 3. The molecule has 1 aliphatic rings. The standard InChI is InChI=1S/C17H26N2O3S/c1-13-11-14(2)17(15(3)12-13)23(21,22)18-8-7-16(20)19-9-5-4-6-10-19/h11-12,18H,4-10H2,1-3H3. The van der Waals surface area contributed by atoms with Crippen molar-refractivity contribution in [1.82, 2.24) is 9.62 Å². The summed E-state index contributed by atoms with van der Waals surface area (Å²) in [5, 5.41) is 0. The zero-order valence-electron chi connectivity index (χ0n) is 14.2. The van der Waals surface area contributed by atoms with Crippen LogP contribution in [0.25, 0.3) is 0 Å². The van der Waals surface area contributed by atoms with Gasteiger partial charge in [-0.3, -0.25) is 4.79 Å². The van der Waals surface area contributed by atoms with Crippen LogP contribution in [0.5, 0.6) is 0 Å². The third-order valence-corrected chi connectivity index (χ3v) is 5.98. The van der Waals surface area contributed by atoms with Crippen LogP contribution in [0.2, 0.25) is 0 Å². The van der Waals surface area contributed by atoms with Crippen molar-refractivity contribution in [2.75, 3.05) is 19.6 Å². The van der Waals surface area contributed by atoms with Gasteiger partial charge in [0.15, 0.2) is 0 Å². The molecule has 1 fully saturated rings. The van der Waals surface area contributed by atoms with Crippen LogP contribution in [0.3, 0.4) is 0 Å². The molecule has 0 bridgehead atoms. The molecular weight excluding hydrogens is 312 g/mol.